The van der Waals surface area contributed by atoms with E-state index in [1.54, 1.807) is 0 Å². The Morgan fingerprint density at radius 1 is 1.44 bits per heavy atom. The van der Waals surface area contributed by atoms with Crippen molar-refractivity contribution in [2.75, 3.05) is 25.0 Å². The Kier molecular flexibility index (Phi) is 4.01. The molecule has 0 spiro atoms. The maximum Gasteiger partial charge on any atom is 0.0991 e. The molecule has 1 aromatic carbocycles. The molecule has 94 valence electrons. The molecule has 1 aliphatic carbocycles. The average Bonchev–Trinajstić information content (AvgIpc) is 3.20. The number of nitrogens with one attached hydrogen (secondary N) is 1. The molecule has 1 saturated carbocycles. The van der Waals surface area contributed by atoms with Crippen LogP contribution in [0, 0.1) is 11.3 Å². The van der Waals surface area contributed by atoms with Crippen molar-refractivity contribution in [2.24, 2.45) is 0 Å². The normalized spacial score (nSPS) is 14.0. The third-order valence-electron chi connectivity index (χ3n) is 3.12. The Hall–Kier alpha value is -1.79. The van der Waals surface area contributed by atoms with Crippen LogP contribution in [0.25, 0.3) is 0 Å². The molecule has 1 aliphatic rings. The third-order valence-corrected chi connectivity index (χ3v) is 3.12. The summed E-state index contributed by atoms with van der Waals surface area (Å²) in [6, 6.07) is 10.5. The van der Waals surface area contributed by atoms with E-state index in [9.17, 15) is 0 Å². The Bertz CT molecular complexity index is 452. The zero-order valence-electron chi connectivity index (χ0n) is 10.8. The Labute approximate surface area is 109 Å². The standard InChI is InChI=1S/C15H19N3/c1-12(10-17-14-5-6-14)11-18(2)15-7-3-13(9-16)4-8-15/h3-4,7-8,14,17H,1,5-6,10-11H2,2H3. The van der Waals surface area contributed by atoms with E-state index in [4.69, 9.17) is 5.26 Å². The molecule has 3 nitrogen and oxygen atoms in total. The molecular formula is C15H19N3. The summed E-state index contributed by atoms with van der Waals surface area (Å²) in [6.45, 7) is 5.83. The van der Waals surface area contributed by atoms with Gasteiger partial charge in [-0.2, -0.15) is 5.26 Å². The molecule has 0 aliphatic heterocycles. The molecule has 0 aromatic heterocycles. The van der Waals surface area contributed by atoms with Gasteiger partial charge in [0.1, 0.15) is 0 Å². The summed E-state index contributed by atoms with van der Waals surface area (Å²) in [7, 11) is 2.05. The van der Waals surface area contributed by atoms with Crippen LogP contribution in [0.2, 0.25) is 0 Å². The highest BCUT2D eigenvalue weighted by molar-refractivity contribution is 5.49. The summed E-state index contributed by atoms with van der Waals surface area (Å²) in [4.78, 5) is 2.15. The highest BCUT2D eigenvalue weighted by atomic mass is 15.1. The minimum Gasteiger partial charge on any atom is -0.371 e. The van der Waals surface area contributed by atoms with Crippen LogP contribution in [0.1, 0.15) is 18.4 Å². The minimum atomic E-state index is 0.696. The molecule has 1 fully saturated rings. The number of rotatable bonds is 6. The average molecular weight is 241 g/mol. The molecule has 0 unspecified atom stereocenters. The molecule has 18 heavy (non-hydrogen) atoms. The smallest absolute Gasteiger partial charge is 0.0991 e. The van der Waals surface area contributed by atoms with E-state index in [-0.39, 0.29) is 0 Å². The molecule has 0 atom stereocenters. The molecule has 0 amide bonds. The van der Waals surface area contributed by atoms with Gasteiger partial charge in [-0.15, -0.1) is 0 Å². The van der Waals surface area contributed by atoms with Crippen LogP contribution in [-0.2, 0) is 0 Å². The molecule has 0 radical (unpaired) electrons. The predicted molar refractivity (Wildman–Crippen MR) is 74.6 cm³/mol. The van der Waals surface area contributed by atoms with Gasteiger partial charge in [-0.05, 0) is 42.7 Å². The fraction of sp³-hybridized carbons (Fsp3) is 0.400. The number of hydrogen-bond donors (Lipinski definition) is 1. The lowest BCUT2D eigenvalue weighted by molar-refractivity contribution is 0.722. The predicted octanol–water partition coefficient (Wildman–Crippen LogP) is 2.30. The van der Waals surface area contributed by atoms with Gasteiger partial charge in [0.25, 0.3) is 0 Å². The van der Waals surface area contributed by atoms with Crippen molar-refractivity contribution in [1.29, 1.82) is 5.26 Å². The zero-order valence-corrected chi connectivity index (χ0v) is 10.8. The maximum atomic E-state index is 8.75. The minimum absolute atomic E-state index is 0.696. The second kappa shape index (κ2) is 5.70. The zero-order chi connectivity index (χ0) is 13.0. The first-order chi connectivity index (χ1) is 8.69. The summed E-state index contributed by atoms with van der Waals surface area (Å²) < 4.78 is 0. The lowest BCUT2D eigenvalue weighted by Gasteiger charge is -2.21. The van der Waals surface area contributed by atoms with Crippen molar-refractivity contribution in [3.05, 3.63) is 42.0 Å². The Balaban J connectivity index is 1.83. The van der Waals surface area contributed by atoms with Crippen molar-refractivity contribution < 1.29 is 0 Å². The Morgan fingerprint density at radius 3 is 2.67 bits per heavy atom. The van der Waals surface area contributed by atoms with Gasteiger partial charge in [0.15, 0.2) is 0 Å². The molecule has 2 rings (SSSR count). The first kappa shape index (κ1) is 12.7. The lowest BCUT2D eigenvalue weighted by Crippen LogP contribution is -2.26. The summed E-state index contributed by atoms with van der Waals surface area (Å²) in [5, 5.41) is 12.2. The van der Waals surface area contributed by atoms with Gasteiger partial charge in [0.2, 0.25) is 0 Å². The summed E-state index contributed by atoms with van der Waals surface area (Å²) in [5.74, 6) is 0. The molecule has 0 bridgehead atoms. The van der Waals surface area contributed by atoms with Gasteiger partial charge < -0.3 is 10.2 Å². The number of benzene rings is 1. The van der Waals surface area contributed by atoms with E-state index in [2.05, 4.69) is 22.9 Å². The summed E-state index contributed by atoms with van der Waals surface area (Å²) >= 11 is 0. The lowest BCUT2D eigenvalue weighted by atomic mass is 10.2. The molecule has 3 heteroatoms. The first-order valence-electron chi connectivity index (χ1n) is 6.30. The van der Waals surface area contributed by atoms with Crippen molar-refractivity contribution in [3.63, 3.8) is 0 Å². The highest BCUT2D eigenvalue weighted by Crippen LogP contribution is 2.19. The van der Waals surface area contributed by atoms with E-state index in [0.29, 0.717) is 5.56 Å². The van der Waals surface area contributed by atoms with Gasteiger partial charge in [0.05, 0.1) is 11.6 Å². The number of nitrogens with zero attached hydrogens (tertiary/aromatic N) is 2. The van der Waals surface area contributed by atoms with E-state index in [0.717, 1.165) is 24.8 Å². The van der Waals surface area contributed by atoms with Gasteiger partial charge in [-0.1, -0.05) is 6.58 Å². The van der Waals surface area contributed by atoms with Crippen molar-refractivity contribution in [3.8, 4) is 6.07 Å². The summed E-state index contributed by atoms with van der Waals surface area (Å²) in [6.07, 6.45) is 2.61. The summed E-state index contributed by atoms with van der Waals surface area (Å²) in [5.41, 5.74) is 3.00. The quantitative estimate of drug-likeness (QED) is 0.777. The van der Waals surface area contributed by atoms with Crippen LogP contribution in [0.3, 0.4) is 0 Å². The number of nitriles is 1. The molecule has 0 saturated heterocycles. The SMILES string of the molecule is C=C(CNC1CC1)CN(C)c1ccc(C#N)cc1. The highest BCUT2D eigenvalue weighted by Gasteiger charge is 2.20. The molecule has 0 heterocycles. The van der Waals surface area contributed by atoms with Gasteiger partial charge >= 0.3 is 0 Å². The number of hydrogen-bond acceptors (Lipinski definition) is 3. The number of anilines is 1. The van der Waals surface area contributed by atoms with E-state index < -0.39 is 0 Å². The fourth-order valence-electron chi connectivity index (χ4n) is 1.85. The van der Waals surface area contributed by atoms with Crippen LogP contribution < -0.4 is 10.2 Å². The molecule has 1 N–H and O–H groups in total. The monoisotopic (exact) mass is 241 g/mol. The van der Waals surface area contributed by atoms with E-state index in [1.807, 2.05) is 31.3 Å². The van der Waals surface area contributed by atoms with Gasteiger partial charge in [-0.25, -0.2) is 0 Å². The van der Waals surface area contributed by atoms with Crippen molar-refractivity contribution in [2.45, 2.75) is 18.9 Å². The molecule has 1 aromatic rings. The van der Waals surface area contributed by atoms with E-state index in [1.165, 1.54) is 18.4 Å². The van der Waals surface area contributed by atoms with Crippen LogP contribution in [-0.4, -0.2) is 26.2 Å². The van der Waals surface area contributed by atoms with E-state index >= 15 is 0 Å². The van der Waals surface area contributed by atoms with Crippen LogP contribution in [0.4, 0.5) is 5.69 Å². The second-order valence-electron chi connectivity index (χ2n) is 4.92. The van der Waals surface area contributed by atoms with Crippen LogP contribution >= 0.6 is 0 Å². The third kappa shape index (κ3) is 3.61. The first-order valence-corrected chi connectivity index (χ1v) is 6.30. The molecular weight excluding hydrogens is 222 g/mol. The fourth-order valence-corrected chi connectivity index (χ4v) is 1.85. The van der Waals surface area contributed by atoms with Gasteiger partial charge in [-0.3, -0.25) is 0 Å². The van der Waals surface area contributed by atoms with Crippen LogP contribution in [0.5, 0.6) is 0 Å². The van der Waals surface area contributed by atoms with Crippen molar-refractivity contribution >= 4 is 5.69 Å². The largest absolute Gasteiger partial charge is 0.371 e. The van der Waals surface area contributed by atoms with Crippen molar-refractivity contribution in [1.82, 2.24) is 5.32 Å². The van der Waals surface area contributed by atoms with Gasteiger partial charge in [0, 0.05) is 31.9 Å². The number of likely N-dealkylation sites (N-methyl/N-ethyl adjacent to an activating group) is 1. The maximum absolute atomic E-state index is 8.75. The second-order valence-corrected chi connectivity index (χ2v) is 4.92. The topological polar surface area (TPSA) is 39.1 Å². The van der Waals surface area contributed by atoms with Crippen LogP contribution in [0.15, 0.2) is 36.4 Å². The Morgan fingerprint density at radius 2 is 2.11 bits per heavy atom.